The molecule has 0 saturated carbocycles. The van der Waals surface area contributed by atoms with Crippen molar-refractivity contribution in [2.75, 3.05) is 19.8 Å². The minimum Gasteiger partial charge on any atom is -0.486 e. The molecule has 0 spiro atoms. The van der Waals surface area contributed by atoms with Crippen LogP contribution in [0.15, 0.2) is 35.3 Å². The van der Waals surface area contributed by atoms with Crippen LogP contribution in [-0.4, -0.2) is 46.0 Å². The summed E-state index contributed by atoms with van der Waals surface area (Å²) in [6, 6.07) is 6.10. The average molecular weight is 428 g/mol. The van der Waals surface area contributed by atoms with Gasteiger partial charge >= 0.3 is 0 Å². The second-order valence-corrected chi connectivity index (χ2v) is 7.31. The summed E-state index contributed by atoms with van der Waals surface area (Å²) in [7, 11) is 0. The van der Waals surface area contributed by atoms with Crippen molar-refractivity contribution in [1.82, 2.24) is 9.47 Å². The number of nitro groups is 1. The number of rotatable bonds is 5. The molecule has 1 fully saturated rings. The molecule has 0 radical (unpaired) electrons. The molecule has 2 aliphatic heterocycles. The number of nitrogens with zero attached hydrogens (tertiary/aromatic N) is 3. The molecule has 11 nitrogen and oxygen atoms in total. The van der Waals surface area contributed by atoms with Gasteiger partial charge in [-0.05, 0) is 30.5 Å². The number of pyridine rings is 1. The third kappa shape index (κ3) is 3.93. The number of hydrogen-bond acceptors (Lipinski definition) is 7. The zero-order chi connectivity index (χ0) is 22.1. The van der Waals surface area contributed by atoms with E-state index in [0.717, 1.165) is 35.2 Å². The van der Waals surface area contributed by atoms with Crippen molar-refractivity contribution < 1.29 is 24.0 Å². The molecule has 1 aromatic carbocycles. The van der Waals surface area contributed by atoms with Gasteiger partial charge in [-0.15, -0.1) is 0 Å². The van der Waals surface area contributed by atoms with Gasteiger partial charge in [-0.2, -0.15) is 0 Å². The number of nitrogens with two attached hydrogens (primary N) is 1. The predicted octanol–water partition coefficient (Wildman–Crippen LogP) is 0.990. The normalized spacial score (nSPS) is 17.4. The summed E-state index contributed by atoms with van der Waals surface area (Å²) in [5.41, 5.74) is 4.17. The summed E-state index contributed by atoms with van der Waals surface area (Å²) in [6.07, 6.45) is 2.44. The fraction of sp³-hybridized carbons (Fsp3) is 0.350. The molecule has 2 aromatic rings. The lowest BCUT2D eigenvalue weighted by Crippen LogP contribution is -2.38. The first-order valence-corrected chi connectivity index (χ1v) is 9.73. The molecule has 2 aliphatic rings. The lowest BCUT2D eigenvalue weighted by molar-refractivity contribution is -0.385. The van der Waals surface area contributed by atoms with Crippen LogP contribution in [0, 0.1) is 10.1 Å². The number of primary amides is 1. The zero-order valence-electron chi connectivity index (χ0n) is 16.5. The molecule has 2 N–H and O–H groups in total. The first-order valence-electron chi connectivity index (χ1n) is 9.73. The van der Waals surface area contributed by atoms with E-state index in [-0.39, 0.29) is 6.04 Å². The van der Waals surface area contributed by atoms with Crippen molar-refractivity contribution in [2.24, 2.45) is 5.73 Å². The van der Waals surface area contributed by atoms with Crippen LogP contribution in [0.5, 0.6) is 11.5 Å². The molecular formula is C20H20N4O7. The Kier molecular flexibility index (Phi) is 5.32. The topological polar surface area (TPSA) is 147 Å². The third-order valence-electron chi connectivity index (χ3n) is 5.38. The molecule has 2 amide bonds. The predicted molar refractivity (Wildman–Crippen MR) is 107 cm³/mol. The van der Waals surface area contributed by atoms with Gasteiger partial charge in [0, 0.05) is 12.6 Å². The number of benzene rings is 1. The summed E-state index contributed by atoms with van der Waals surface area (Å²) >= 11 is 0. The van der Waals surface area contributed by atoms with Crippen LogP contribution in [0.3, 0.4) is 0 Å². The maximum Gasteiger partial charge on any atom is 0.286 e. The zero-order valence-corrected chi connectivity index (χ0v) is 16.5. The number of carbonyl (C=O) groups excluding carboxylic acids is 2. The molecule has 1 saturated heterocycles. The fourth-order valence-corrected chi connectivity index (χ4v) is 3.93. The summed E-state index contributed by atoms with van der Waals surface area (Å²) in [5, 5.41) is 11.2. The summed E-state index contributed by atoms with van der Waals surface area (Å²) in [4.78, 5) is 49.1. The quantitative estimate of drug-likeness (QED) is 0.552. The number of carbonyl (C=O) groups is 2. The first kappa shape index (κ1) is 20.4. The van der Waals surface area contributed by atoms with Crippen molar-refractivity contribution in [2.45, 2.75) is 25.4 Å². The lowest BCUT2D eigenvalue weighted by Gasteiger charge is -2.27. The van der Waals surface area contributed by atoms with Gasteiger partial charge in [0.15, 0.2) is 11.5 Å². The minimum atomic E-state index is -1.09. The molecule has 11 heteroatoms. The van der Waals surface area contributed by atoms with E-state index in [1.807, 2.05) is 12.1 Å². The van der Waals surface area contributed by atoms with Crippen molar-refractivity contribution in [1.29, 1.82) is 0 Å². The van der Waals surface area contributed by atoms with Crippen LogP contribution in [0.4, 0.5) is 5.69 Å². The molecule has 1 aromatic heterocycles. The smallest absolute Gasteiger partial charge is 0.286 e. The molecular weight excluding hydrogens is 408 g/mol. The van der Waals surface area contributed by atoms with Crippen LogP contribution >= 0.6 is 0 Å². The molecule has 3 heterocycles. The maximum absolute atomic E-state index is 13.0. The molecule has 162 valence electrons. The van der Waals surface area contributed by atoms with Gasteiger partial charge in [0.25, 0.3) is 17.2 Å². The highest BCUT2D eigenvalue weighted by Gasteiger charge is 2.31. The first-order chi connectivity index (χ1) is 14.8. The number of amides is 2. The van der Waals surface area contributed by atoms with Gasteiger partial charge in [-0.3, -0.25) is 29.1 Å². The van der Waals surface area contributed by atoms with Gasteiger partial charge in [0.05, 0.1) is 17.2 Å². The van der Waals surface area contributed by atoms with Crippen molar-refractivity contribution in [3.8, 4) is 11.5 Å². The van der Waals surface area contributed by atoms with Gasteiger partial charge in [-0.1, -0.05) is 6.07 Å². The molecule has 1 atom stereocenters. The van der Waals surface area contributed by atoms with Crippen LogP contribution in [0.2, 0.25) is 0 Å². The van der Waals surface area contributed by atoms with Gasteiger partial charge in [0.2, 0.25) is 5.91 Å². The van der Waals surface area contributed by atoms with Crippen molar-refractivity contribution in [3.05, 3.63) is 62.1 Å². The van der Waals surface area contributed by atoms with E-state index >= 15 is 0 Å². The summed E-state index contributed by atoms with van der Waals surface area (Å²) in [6.45, 7) is 0.958. The van der Waals surface area contributed by atoms with Crippen LogP contribution in [-0.2, 0) is 11.3 Å². The lowest BCUT2D eigenvalue weighted by atomic mass is 10.0. The Bertz CT molecular complexity index is 1130. The number of fused-ring (bicyclic) bond motifs is 1. The number of ether oxygens (including phenoxy) is 2. The second kappa shape index (κ2) is 8.09. The Morgan fingerprint density at radius 1 is 1.19 bits per heavy atom. The standard InChI is InChI=1S/C20H20N4O7/c21-19(26)14-9-13(24(28)29)10-22(20(14)27)11-18(25)23-5-1-2-15(23)12-3-4-16-17(8-12)31-7-6-30-16/h3-4,8-10,15H,1-2,5-7,11H2,(H2,21,26). The number of aromatic nitrogens is 1. The highest BCUT2D eigenvalue weighted by atomic mass is 16.6. The molecule has 1 unspecified atom stereocenters. The van der Waals surface area contributed by atoms with E-state index in [1.54, 1.807) is 11.0 Å². The average Bonchev–Trinajstić information content (AvgIpc) is 3.24. The van der Waals surface area contributed by atoms with E-state index in [2.05, 4.69) is 0 Å². The Hall–Kier alpha value is -3.89. The van der Waals surface area contributed by atoms with Gasteiger partial charge in [0.1, 0.15) is 25.3 Å². The highest BCUT2D eigenvalue weighted by molar-refractivity contribution is 5.93. The highest BCUT2D eigenvalue weighted by Crippen LogP contribution is 2.38. The van der Waals surface area contributed by atoms with Crippen LogP contribution in [0.1, 0.15) is 34.8 Å². The Morgan fingerprint density at radius 3 is 2.65 bits per heavy atom. The Balaban J connectivity index is 1.60. The minimum absolute atomic E-state index is 0.228. The summed E-state index contributed by atoms with van der Waals surface area (Å²) < 4.78 is 12.0. The van der Waals surface area contributed by atoms with Crippen molar-refractivity contribution >= 4 is 17.5 Å². The SMILES string of the molecule is NC(=O)c1cc([N+](=O)[O-])cn(CC(=O)N2CCCC2c2ccc3c(c2)OCCO3)c1=O. The number of hydrogen-bond donors (Lipinski definition) is 1. The molecule has 0 bridgehead atoms. The maximum atomic E-state index is 13.0. The second-order valence-electron chi connectivity index (χ2n) is 7.31. The number of likely N-dealkylation sites (tertiary alicyclic amines) is 1. The molecule has 4 rings (SSSR count). The van der Waals surface area contributed by atoms with Crippen LogP contribution in [0.25, 0.3) is 0 Å². The van der Waals surface area contributed by atoms with E-state index in [4.69, 9.17) is 15.2 Å². The van der Waals surface area contributed by atoms with Crippen LogP contribution < -0.4 is 20.8 Å². The summed E-state index contributed by atoms with van der Waals surface area (Å²) in [5.74, 6) is -0.224. The van der Waals surface area contributed by atoms with Gasteiger partial charge in [-0.25, -0.2) is 0 Å². The molecule has 0 aliphatic carbocycles. The van der Waals surface area contributed by atoms with Gasteiger partial charge < -0.3 is 20.1 Å². The fourth-order valence-electron chi connectivity index (χ4n) is 3.93. The van der Waals surface area contributed by atoms with Crippen molar-refractivity contribution in [3.63, 3.8) is 0 Å². The van der Waals surface area contributed by atoms with E-state index in [0.29, 0.717) is 31.3 Å². The van der Waals surface area contributed by atoms with E-state index in [9.17, 15) is 24.5 Å². The largest absolute Gasteiger partial charge is 0.486 e. The van der Waals surface area contributed by atoms with E-state index in [1.165, 1.54) is 0 Å². The molecule has 31 heavy (non-hydrogen) atoms. The van der Waals surface area contributed by atoms with E-state index < -0.39 is 40.1 Å². The monoisotopic (exact) mass is 428 g/mol. The third-order valence-corrected chi connectivity index (χ3v) is 5.38. The Labute approximate surface area is 176 Å². The Morgan fingerprint density at radius 2 is 1.94 bits per heavy atom.